The molecule has 2 rings (SSSR count). The molecule has 36 heavy (non-hydrogen) atoms. The number of aliphatic imine (C=N–C) groups is 1. The van der Waals surface area contributed by atoms with Crippen molar-refractivity contribution in [2.75, 3.05) is 13.2 Å². The smallest absolute Gasteiger partial charge is 0.416 e. The molecule has 1 atom stereocenters. The van der Waals surface area contributed by atoms with Gasteiger partial charge in [-0.3, -0.25) is 24.7 Å². The molecule has 0 aliphatic carbocycles. The number of halogens is 3. The summed E-state index contributed by atoms with van der Waals surface area (Å²) in [5.74, 6) is -2.02. The van der Waals surface area contributed by atoms with E-state index < -0.39 is 40.2 Å². The Morgan fingerprint density at radius 1 is 1.14 bits per heavy atom. The van der Waals surface area contributed by atoms with Crippen LogP contribution in [0.25, 0.3) is 0 Å². The van der Waals surface area contributed by atoms with Crippen molar-refractivity contribution in [3.05, 3.63) is 69.3 Å². The fraction of sp³-hybridized carbons (Fsp3) is 0.318. The number of alkyl halides is 3. The second kappa shape index (κ2) is 12.4. The average Bonchev–Trinajstić information content (AvgIpc) is 2.80. The normalized spacial score (nSPS) is 11.9. The Kier molecular flexibility index (Phi) is 9.58. The molecule has 0 saturated heterocycles. The summed E-state index contributed by atoms with van der Waals surface area (Å²) in [6.45, 7) is -0.122. The first-order chi connectivity index (χ1) is 16.9. The number of rotatable bonds is 12. The van der Waals surface area contributed by atoms with Gasteiger partial charge < -0.3 is 27.3 Å². The van der Waals surface area contributed by atoms with Crippen molar-refractivity contribution in [3.8, 4) is 5.75 Å². The molecule has 0 fully saturated rings. The SMILES string of the molecule is NC(=O)[C@H](CCCN=C(N)N)NC(=O)c1ccc([N+](=O)[O-])c(OCCc2ccccc2C(F)(F)F)c1. The van der Waals surface area contributed by atoms with Crippen molar-refractivity contribution in [2.45, 2.75) is 31.5 Å². The number of nitrogens with one attached hydrogen (secondary N) is 1. The number of guanidine groups is 1. The van der Waals surface area contributed by atoms with Crippen LogP contribution < -0.4 is 27.3 Å². The highest BCUT2D eigenvalue weighted by Gasteiger charge is 2.32. The van der Waals surface area contributed by atoms with Gasteiger partial charge in [-0.2, -0.15) is 13.2 Å². The fourth-order valence-corrected chi connectivity index (χ4v) is 3.24. The first-order valence-corrected chi connectivity index (χ1v) is 10.6. The number of primary amides is 1. The van der Waals surface area contributed by atoms with E-state index in [1.165, 1.54) is 18.2 Å². The molecule has 0 spiro atoms. The largest absolute Gasteiger partial charge is 0.486 e. The Hall–Kier alpha value is -4.36. The number of carbonyl (C=O) groups excluding carboxylic acids is 2. The van der Waals surface area contributed by atoms with Crippen molar-refractivity contribution in [3.63, 3.8) is 0 Å². The first kappa shape index (κ1) is 27.9. The van der Waals surface area contributed by atoms with Crippen molar-refractivity contribution >= 4 is 23.5 Å². The van der Waals surface area contributed by atoms with Crippen LogP contribution in [-0.2, 0) is 17.4 Å². The van der Waals surface area contributed by atoms with Gasteiger partial charge in [-0.15, -0.1) is 0 Å². The van der Waals surface area contributed by atoms with Crippen LogP contribution in [0.2, 0.25) is 0 Å². The monoisotopic (exact) mass is 510 g/mol. The zero-order chi connectivity index (χ0) is 26.9. The van der Waals surface area contributed by atoms with Gasteiger partial charge in [0.25, 0.3) is 5.91 Å². The number of amides is 2. The summed E-state index contributed by atoms with van der Waals surface area (Å²) in [7, 11) is 0. The lowest BCUT2D eigenvalue weighted by atomic mass is 10.0. The standard InChI is InChI=1S/C22H25F3N6O5/c23-22(24,25)15-5-2-1-4-13(15)9-11-36-18-12-14(7-8-17(18)31(34)35)20(33)30-16(19(26)32)6-3-10-29-21(27)28/h1-2,4-5,7-8,12,16H,3,6,9-11H2,(H2,26,32)(H,30,33)(H4,27,28,29)/t16-/m0/s1. The molecule has 7 N–H and O–H groups in total. The van der Waals surface area contributed by atoms with Crippen LogP contribution in [0.3, 0.4) is 0 Å². The van der Waals surface area contributed by atoms with Crippen molar-refractivity contribution in [1.29, 1.82) is 0 Å². The lowest BCUT2D eigenvalue weighted by Crippen LogP contribution is -2.44. The van der Waals surface area contributed by atoms with Gasteiger partial charge in [0.05, 0.1) is 17.1 Å². The second-order valence-electron chi connectivity index (χ2n) is 7.57. The minimum absolute atomic E-state index is 0.0495. The highest BCUT2D eigenvalue weighted by Crippen LogP contribution is 2.33. The van der Waals surface area contributed by atoms with Crippen LogP contribution in [0.5, 0.6) is 5.75 Å². The summed E-state index contributed by atoms with van der Waals surface area (Å²) in [6, 6.07) is 7.07. The molecule has 11 nitrogen and oxygen atoms in total. The lowest BCUT2D eigenvalue weighted by Gasteiger charge is -2.16. The van der Waals surface area contributed by atoms with E-state index in [4.69, 9.17) is 21.9 Å². The Morgan fingerprint density at radius 3 is 2.44 bits per heavy atom. The van der Waals surface area contributed by atoms with E-state index in [2.05, 4.69) is 10.3 Å². The molecule has 2 aromatic carbocycles. The fourth-order valence-electron chi connectivity index (χ4n) is 3.24. The molecule has 2 aromatic rings. The maximum absolute atomic E-state index is 13.2. The molecule has 0 unspecified atom stereocenters. The lowest BCUT2D eigenvalue weighted by molar-refractivity contribution is -0.385. The summed E-state index contributed by atoms with van der Waals surface area (Å²) in [6.07, 6.45) is -4.30. The highest BCUT2D eigenvalue weighted by molar-refractivity contribution is 5.98. The van der Waals surface area contributed by atoms with E-state index in [9.17, 15) is 32.9 Å². The zero-order valence-corrected chi connectivity index (χ0v) is 19.0. The minimum atomic E-state index is -4.57. The Bertz CT molecular complexity index is 1140. The number of nitrogens with zero attached hydrogens (tertiary/aromatic N) is 2. The van der Waals surface area contributed by atoms with Gasteiger partial charge in [0.15, 0.2) is 11.7 Å². The van der Waals surface area contributed by atoms with Crippen LogP contribution in [0.4, 0.5) is 18.9 Å². The summed E-state index contributed by atoms with van der Waals surface area (Å²) in [5, 5.41) is 13.8. The number of hydrogen-bond donors (Lipinski definition) is 4. The Balaban J connectivity index is 2.14. The van der Waals surface area contributed by atoms with Gasteiger partial charge in [-0.05, 0) is 30.5 Å². The van der Waals surface area contributed by atoms with Gasteiger partial charge in [-0.1, -0.05) is 18.2 Å². The second-order valence-corrected chi connectivity index (χ2v) is 7.57. The molecule has 0 aromatic heterocycles. The molecule has 2 amide bonds. The van der Waals surface area contributed by atoms with E-state index in [1.807, 2.05) is 0 Å². The van der Waals surface area contributed by atoms with Crippen molar-refractivity contribution in [2.24, 2.45) is 22.2 Å². The van der Waals surface area contributed by atoms with Crippen molar-refractivity contribution < 1.29 is 32.4 Å². The predicted octanol–water partition coefficient (Wildman–Crippen LogP) is 1.87. The summed E-state index contributed by atoms with van der Waals surface area (Å²) in [4.78, 5) is 38.7. The quantitative estimate of drug-likeness (QED) is 0.110. The molecular weight excluding hydrogens is 485 g/mol. The number of carbonyl (C=O) groups is 2. The summed E-state index contributed by atoms with van der Waals surface area (Å²) in [5.41, 5.74) is 14.3. The Labute approximate surface area is 203 Å². The van der Waals surface area contributed by atoms with Gasteiger partial charge in [0.1, 0.15) is 6.04 Å². The number of nitro groups is 1. The molecule has 0 bridgehead atoms. The van der Waals surface area contributed by atoms with Crippen LogP contribution in [0, 0.1) is 10.1 Å². The maximum atomic E-state index is 13.2. The predicted molar refractivity (Wildman–Crippen MR) is 124 cm³/mol. The van der Waals surface area contributed by atoms with E-state index in [1.54, 1.807) is 0 Å². The maximum Gasteiger partial charge on any atom is 0.416 e. The molecule has 0 radical (unpaired) electrons. The van der Waals surface area contributed by atoms with E-state index >= 15 is 0 Å². The number of nitro benzene ring substituents is 1. The van der Waals surface area contributed by atoms with Crippen LogP contribution >= 0.6 is 0 Å². The zero-order valence-electron chi connectivity index (χ0n) is 19.0. The Morgan fingerprint density at radius 2 is 1.83 bits per heavy atom. The van der Waals surface area contributed by atoms with E-state index in [0.29, 0.717) is 6.42 Å². The van der Waals surface area contributed by atoms with Crippen LogP contribution in [-0.4, -0.2) is 41.9 Å². The van der Waals surface area contributed by atoms with Gasteiger partial charge in [0.2, 0.25) is 5.91 Å². The third-order valence-electron chi connectivity index (χ3n) is 4.96. The topological polar surface area (TPSA) is 189 Å². The van der Waals surface area contributed by atoms with E-state index in [0.717, 1.165) is 24.3 Å². The molecule has 194 valence electrons. The molecule has 14 heteroatoms. The van der Waals surface area contributed by atoms with Gasteiger partial charge in [0, 0.05) is 30.7 Å². The van der Waals surface area contributed by atoms with Crippen LogP contribution in [0.15, 0.2) is 47.5 Å². The minimum Gasteiger partial charge on any atom is -0.486 e. The molecule has 0 heterocycles. The number of hydrogen-bond acceptors (Lipinski definition) is 6. The highest BCUT2D eigenvalue weighted by atomic mass is 19.4. The number of benzene rings is 2. The average molecular weight is 510 g/mol. The molecule has 0 aliphatic heterocycles. The summed E-state index contributed by atoms with van der Waals surface area (Å²) >= 11 is 0. The number of ether oxygens (including phenoxy) is 1. The van der Waals surface area contributed by atoms with E-state index in [-0.39, 0.29) is 48.8 Å². The van der Waals surface area contributed by atoms with Gasteiger partial charge in [-0.25, -0.2) is 0 Å². The molecule has 0 aliphatic rings. The molecule has 0 saturated carbocycles. The van der Waals surface area contributed by atoms with Gasteiger partial charge >= 0.3 is 11.9 Å². The molecular formula is C22H25F3N6O5. The summed E-state index contributed by atoms with van der Waals surface area (Å²) < 4.78 is 44.9. The van der Waals surface area contributed by atoms with Crippen molar-refractivity contribution in [1.82, 2.24) is 5.32 Å². The number of nitrogens with two attached hydrogens (primary N) is 3. The third-order valence-corrected chi connectivity index (χ3v) is 4.96. The first-order valence-electron chi connectivity index (χ1n) is 10.6. The third kappa shape index (κ3) is 8.14. The van der Waals surface area contributed by atoms with Crippen LogP contribution in [0.1, 0.15) is 34.3 Å².